The van der Waals surface area contributed by atoms with E-state index in [1.807, 2.05) is 29.2 Å². The Balaban J connectivity index is 1.03. The molecule has 0 aromatic heterocycles. The number of hydrogen-bond donors (Lipinski definition) is 0. The maximum Gasteiger partial charge on any atom is 0.410 e. The van der Waals surface area contributed by atoms with E-state index in [-0.39, 0.29) is 42.1 Å². The van der Waals surface area contributed by atoms with Crippen LogP contribution in [0.25, 0.3) is 11.1 Å². The van der Waals surface area contributed by atoms with Crippen LogP contribution in [0.3, 0.4) is 0 Å². The van der Waals surface area contributed by atoms with Crippen LogP contribution in [-0.4, -0.2) is 48.7 Å². The number of Topliss-reactive ketones (excluding diaryl/α,β-unsaturated/α-hetero) is 1. The highest BCUT2D eigenvalue weighted by molar-refractivity contribution is 5.98. The number of ether oxygens (including phenoxy) is 3. The Kier molecular flexibility index (Phi) is 6.45. The molecule has 2 atom stereocenters. The molecule has 200 valence electrons. The highest BCUT2D eigenvalue weighted by atomic mass is 16.7. The molecule has 0 saturated carbocycles. The summed E-state index contributed by atoms with van der Waals surface area (Å²) in [5, 5.41) is 0. The van der Waals surface area contributed by atoms with Gasteiger partial charge in [-0.05, 0) is 54.4 Å². The predicted octanol–water partition coefficient (Wildman–Crippen LogP) is 6.50. The number of piperidine rings is 2. The van der Waals surface area contributed by atoms with E-state index in [9.17, 15) is 9.59 Å². The second kappa shape index (κ2) is 10.2. The minimum absolute atomic E-state index is 0.0432. The molecule has 0 spiro atoms. The van der Waals surface area contributed by atoms with Crippen LogP contribution in [0.4, 0.5) is 4.79 Å². The molecule has 1 aliphatic carbocycles. The van der Waals surface area contributed by atoms with Crippen molar-refractivity contribution in [3.8, 4) is 11.1 Å². The lowest BCUT2D eigenvalue weighted by atomic mass is 9.76. The average molecular weight is 524 g/mol. The molecule has 2 unspecified atom stereocenters. The Morgan fingerprint density at radius 3 is 2.00 bits per heavy atom. The molecule has 3 aromatic rings. The van der Waals surface area contributed by atoms with E-state index in [0.717, 1.165) is 30.4 Å². The van der Waals surface area contributed by atoms with Gasteiger partial charge in [0.25, 0.3) is 0 Å². The minimum Gasteiger partial charge on any atom is -0.448 e. The molecule has 6 nitrogen and oxygen atoms in total. The van der Waals surface area contributed by atoms with Gasteiger partial charge in [0.05, 0.1) is 13.2 Å². The molecular weight excluding hydrogens is 490 g/mol. The first-order valence-electron chi connectivity index (χ1n) is 14.2. The predicted molar refractivity (Wildman–Crippen MR) is 146 cm³/mol. The van der Waals surface area contributed by atoms with Gasteiger partial charge in [0.1, 0.15) is 6.61 Å². The molecule has 3 fully saturated rings. The molecule has 3 saturated heterocycles. The summed E-state index contributed by atoms with van der Waals surface area (Å²) in [6.07, 6.45) is 3.72. The number of ketones is 1. The Bertz CT molecular complexity index is 1320. The average Bonchev–Trinajstić information content (AvgIpc) is 3.62. The van der Waals surface area contributed by atoms with Crippen LogP contribution in [0.15, 0.2) is 72.8 Å². The maximum atomic E-state index is 13.5. The van der Waals surface area contributed by atoms with Crippen molar-refractivity contribution in [3.63, 3.8) is 0 Å². The fourth-order valence-corrected chi connectivity index (χ4v) is 7.15. The van der Waals surface area contributed by atoms with Gasteiger partial charge in [0.2, 0.25) is 0 Å². The number of benzene rings is 3. The molecule has 3 aliphatic heterocycles. The van der Waals surface area contributed by atoms with Crippen LogP contribution >= 0.6 is 0 Å². The zero-order chi connectivity index (χ0) is 26.3. The highest BCUT2D eigenvalue weighted by Gasteiger charge is 2.44. The lowest BCUT2D eigenvalue weighted by Crippen LogP contribution is -2.55. The topological polar surface area (TPSA) is 65.1 Å². The zero-order valence-corrected chi connectivity index (χ0v) is 22.0. The Hall–Kier alpha value is -3.48. The summed E-state index contributed by atoms with van der Waals surface area (Å²) in [6, 6.07) is 24.5. The molecule has 0 N–H and O–H groups in total. The molecule has 0 radical (unpaired) electrons. The van der Waals surface area contributed by atoms with Crippen molar-refractivity contribution in [1.82, 2.24) is 4.90 Å². The third-order valence-electron chi connectivity index (χ3n) is 8.98. The maximum absolute atomic E-state index is 13.5. The fourth-order valence-electron chi connectivity index (χ4n) is 7.15. The summed E-state index contributed by atoms with van der Waals surface area (Å²) in [7, 11) is 0. The summed E-state index contributed by atoms with van der Waals surface area (Å²) in [5.41, 5.74) is 6.53. The van der Waals surface area contributed by atoms with E-state index in [1.54, 1.807) is 0 Å². The Morgan fingerprint density at radius 1 is 0.795 bits per heavy atom. The SMILES string of the molecule is O=C(c1ccc(C2OCCO2)cc1)C1CC2CCCC(C1)N2C(=O)OCC1c2ccccc2-c2ccccc21. The largest absolute Gasteiger partial charge is 0.448 e. The van der Waals surface area contributed by atoms with E-state index in [0.29, 0.717) is 32.7 Å². The number of nitrogens with zero attached hydrogens (tertiary/aromatic N) is 1. The van der Waals surface area contributed by atoms with Crippen LogP contribution in [0.5, 0.6) is 0 Å². The van der Waals surface area contributed by atoms with Gasteiger partial charge in [0.15, 0.2) is 12.1 Å². The Labute approximate surface area is 228 Å². The first-order chi connectivity index (χ1) is 19.2. The number of amides is 1. The minimum atomic E-state index is -0.339. The second-order valence-electron chi connectivity index (χ2n) is 11.2. The number of fused-ring (bicyclic) bond motifs is 5. The van der Waals surface area contributed by atoms with Gasteiger partial charge < -0.3 is 19.1 Å². The van der Waals surface area contributed by atoms with Gasteiger partial charge in [0, 0.05) is 35.0 Å². The molecular formula is C33H33NO5. The summed E-state index contributed by atoms with van der Waals surface area (Å²) in [5.74, 6) is 0.130. The molecule has 39 heavy (non-hydrogen) atoms. The molecule has 4 aliphatic rings. The van der Waals surface area contributed by atoms with Gasteiger partial charge in [-0.25, -0.2) is 4.79 Å². The normalized spacial score (nSPS) is 24.3. The monoisotopic (exact) mass is 523 g/mol. The van der Waals surface area contributed by atoms with Gasteiger partial charge in [-0.15, -0.1) is 0 Å². The number of carbonyl (C=O) groups is 2. The van der Waals surface area contributed by atoms with E-state index in [4.69, 9.17) is 14.2 Å². The summed E-state index contributed by atoms with van der Waals surface area (Å²) < 4.78 is 17.2. The number of carbonyl (C=O) groups excluding carboxylic acids is 2. The second-order valence-corrected chi connectivity index (χ2v) is 11.2. The first kappa shape index (κ1) is 24.6. The molecule has 3 aromatic carbocycles. The lowest BCUT2D eigenvalue weighted by Gasteiger charge is -2.47. The van der Waals surface area contributed by atoms with Crippen molar-refractivity contribution in [2.75, 3.05) is 19.8 Å². The van der Waals surface area contributed by atoms with Crippen LogP contribution < -0.4 is 0 Å². The third kappa shape index (κ3) is 4.46. The van der Waals surface area contributed by atoms with E-state index in [2.05, 4.69) is 48.5 Å². The Morgan fingerprint density at radius 2 is 1.38 bits per heavy atom. The van der Waals surface area contributed by atoms with Gasteiger partial charge in [-0.3, -0.25) is 4.79 Å². The summed E-state index contributed by atoms with van der Waals surface area (Å²) in [6.45, 7) is 1.51. The van der Waals surface area contributed by atoms with Gasteiger partial charge in [-0.1, -0.05) is 72.8 Å². The van der Waals surface area contributed by atoms with E-state index >= 15 is 0 Å². The molecule has 7 rings (SSSR count). The van der Waals surface area contributed by atoms with Crippen LogP contribution in [0, 0.1) is 5.92 Å². The van der Waals surface area contributed by atoms with E-state index in [1.165, 1.54) is 22.3 Å². The van der Waals surface area contributed by atoms with Crippen LogP contribution in [0.1, 0.15) is 71.4 Å². The van der Waals surface area contributed by atoms with Crippen molar-refractivity contribution in [2.45, 2.75) is 56.4 Å². The van der Waals surface area contributed by atoms with Crippen molar-refractivity contribution < 1.29 is 23.8 Å². The fraction of sp³-hybridized carbons (Fsp3) is 0.394. The quantitative estimate of drug-likeness (QED) is 0.357. The summed E-state index contributed by atoms with van der Waals surface area (Å²) >= 11 is 0. The molecule has 1 amide bonds. The van der Waals surface area contributed by atoms with Gasteiger partial charge in [-0.2, -0.15) is 0 Å². The van der Waals surface area contributed by atoms with Crippen LogP contribution in [-0.2, 0) is 14.2 Å². The van der Waals surface area contributed by atoms with Crippen molar-refractivity contribution >= 4 is 11.9 Å². The first-order valence-corrected chi connectivity index (χ1v) is 14.2. The molecule has 6 heteroatoms. The number of rotatable bonds is 5. The highest BCUT2D eigenvalue weighted by Crippen LogP contribution is 2.45. The van der Waals surface area contributed by atoms with Crippen molar-refractivity contribution in [2.24, 2.45) is 5.92 Å². The van der Waals surface area contributed by atoms with Crippen LogP contribution in [0.2, 0.25) is 0 Å². The number of hydrogen-bond acceptors (Lipinski definition) is 5. The summed E-state index contributed by atoms with van der Waals surface area (Å²) in [4.78, 5) is 28.9. The third-order valence-corrected chi connectivity index (χ3v) is 8.98. The van der Waals surface area contributed by atoms with E-state index < -0.39 is 0 Å². The molecule has 3 heterocycles. The standard InChI is InChI=1S/C33H33NO5/c35-31(21-12-14-22(15-13-21)32-37-16-17-38-32)23-18-24-6-5-7-25(19-23)34(24)33(36)39-20-30-28-10-3-1-8-26(28)27-9-2-4-11-29(27)30/h1-4,8-15,23-25,30,32H,5-7,16-20H2. The lowest BCUT2D eigenvalue weighted by molar-refractivity contribution is -0.0441. The van der Waals surface area contributed by atoms with Crippen molar-refractivity contribution in [1.29, 1.82) is 0 Å². The zero-order valence-electron chi connectivity index (χ0n) is 22.0. The van der Waals surface area contributed by atoms with Crippen molar-refractivity contribution in [3.05, 3.63) is 95.1 Å². The molecule has 2 bridgehead atoms. The smallest absolute Gasteiger partial charge is 0.410 e. The van der Waals surface area contributed by atoms with Gasteiger partial charge >= 0.3 is 6.09 Å².